The molecule has 0 aliphatic carbocycles. The van der Waals surface area contributed by atoms with Gasteiger partial charge in [0.1, 0.15) is 0 Å². The molecule has 1 saturated heterocycles. The Morgan fingerprint density at radius 3 is 2.42 bits per heavy atom. The summed E-state index contributed by atoms with van der Waals surface area (Å²) in [6, 6.07) is 8.56. The molecule has 0 bridgehead atoms. The number of anilines is 1. The number of rotatable bonds is 3. The molecule has 1 aliphatic rings. The van der Waals surface area contributed by atoms with Gasteiger partial charge in [-0.05, 0) is 49.2 Å². The van der Waals surface area contributed by atoms with E-state index in [1.165, 1.54) is 24.9 Å². The van der Waals surface area contributed by atoms with Crippen LogP contribution in [0.5, 0.6) is 0 Å². The molecule has 24 heavy (non-hydrogen) atoms. The van der Waals surface area contributed by atoms with Crippen molar-refractivity contribution >= 4 is 24.1 Å². The highest BCUT2D eigenvalue weighted by molar-refractivity contribution is 7.71. The Hall–Kier alpha value is -1.95. The molecule has 2 heterocycles. The van der Waals surface area contributed by atoms with Gasteiger partial charge in [0.2, 0.25) is 4.77 Å². The summed E-state index contributed by atoms with van der Waals surface area (Å²) < 4.78 is 2.22. The van der Waals surface area contributed by atoms with Gasteiger partial charge in [-0.25, -0.2) is 0 Å². The lowest BCUT2D eigenvalue weighted by Crippen LogP contribution is -2.29. The SMILES string of the molecule is CC(C)(C)c1n[nH]c(=S)n1/N=C\c1ccc(N2CCCCC2)cc1. The van der Waals surface area contributed by atoms with Crippen molar-refractivity contribution in [2.24, 2.45) is 5.10 Å². The summed E-state index contributed by atoms with van der Waals surface area (Å²) in [5, 5.41) is 11.7. The first-order valence-corrected chi connectivity index (χ1v) is 8.93. The molecule has 0 saturated carbocycles. The lowest BCUT2D eigenvalue weighted by atomic mass is 9.96. The van der Waals surface area contributed by atoms with Crippen LogP contribution in [0.1, 0.15) is 51.4 Å². The maximum absolute atomic E-state index is 5.29. The highest BCUT2D eigenvalue weighted by Crippen LogP contribution is 2.21. The predicted octanol–water partition coefficient (Wildman–Crippen LogP) is 4.11. The van der Waals surface area contributed by atoms with Crippen LogP contribution < -0.4 is 4.90 Å². The quantitative estimate of drug-likeness (QED) is 0.674. The maximum atomic E-state index is 5.29. The van der Waals surface area contributed by atoms with E-state index in [1.54, 1.807) is 4.68 Å². The van der Waals surface area contributed by atoms with Crippen molar-refractivity contribution in [1.29, 1.82) is 0 Å². The standard InChI is InChI=1S/C18H25N5S/c1-18(2,3)16-20-21-17(24)23(16)19-13-14-7-9-15(10-8-14)22-11-5-4-6-12-22/h7-10,13H,4-6,11-12H2,1-3H3,(H,21,24)/b19-13-. The molecule has 0 atom stereocenters. The van der Waals surface area contributed by atoms with Crippen molar-refractivity contribution in [3.63, 3.8) is 0 Å². The second-order valence-corrected chi connectivity index (χ2v) is 7.68. The van der Waals surface area contributed by atoms with Crippen LogP contribution in [0, 0.1) is 4.77 Å². The predicted molar refractivity (Wildman–Crippen MR) is 102 cm³/mol. The molecule has 0 amide bonds. The number of hydrogen-bond donors (Lipinski definition) is 1. The van der Waals surface area contributed by atoms with E-state index in [1.807, 2.05) is 6.21 Å². The number of nitrogens with zero attached hydrogens (tertiary/aromatic N) is 4. The molecule has 128 valence electrons. The van der Waals surface area contributed by atoms with Crippen molar-refractivity contribution in [3.05, 3.63) is 40.4 Å². The number of aromatic nitrogens is 3. The van der Waals surface area contributed by atoms with Crippen molar-refractivity contribution < 1.29 is 0 Å². The van der Waals surface area contributed by atoms with E-state index in [9.17, 15) is 0 Å². The molecule has 1 aromatic carbocycles. The van der Waals surface area contributed by atoms with Crippen molar-refractivity contribution in [2.45, 2.75) is 45.4 Å². The summed E-state index contributed by atoms with van der Waals surface area (Å²) in [6.45, 7) is 8.60. The first-order chi connectivity index (χ1) is 11.4. The number of piperidine rings is 1. The molecule has 2 aromatic rings. The highest BCUT2D eigenvalue weighted by Gasteiger charge is 2.21. The van der Waals surface area contributed by atoms with E-state index in [-0.39, 0.29) is 5.41 Å². The average molecular weight is 344 g/mol. The first kappa shape index (κ1) is 16.9. The van der Waals surface area contributed by atoms with Crippen LogP contribution in [0.25, 0.3) is 0 Å². The second kappa shape index (κ2) is 6.89. The Kier molecular flexibility index (Phi) is 4.85. The lowest BCUT2D eigenvalue weighted by molar-refractivity contribution is 0.516. The monoisotopic (exact) mass is 343 g/mol. The highest BCUT2D eigenvalue weighted by atomic mass is 32.1. The van der Waals surface area contributed by atoms with Gasteiger partial charge < -0.3 is 4.90 Å². The molecule has 0 spiro atoms. The number of aromatic amines is 1. The van der Waals surface area contributed by atoms with E-state index < -0.39 is 0 Å². The summed E-state index contributed by atoms with van der Waals surface area (Å²) in [7, 11) is 0. The smallest absolute Gasteiger partial charge is 0.216 e. The molecule has 1 aliphatic heterocycles. The second-order valence-electron chi connectivity index (χ2n) is 7.30. The van der Waals surface area contributed by atoms with Crippen LogP contribution in [-0.4, -0.2) is 34.2 Å². The summed E-state index contributed by atoms with van der Waals surface area (Å²) in [5.41, 5.74) is 2.23. The molecule has 1 N–H and O–H groups in total. The topological polar surface area (TPSA) is 49.2 Å². The van der Waals surface area contributed by atoms with Crippen molar-refractivity contribution in [1.82, 2.24) is 14.9 Å². The average Bonchev–Trinajstić information content (AvgIpc) is 2.95. The molecule has 5 nitrogen and oxygen atoms in total. The zero-order chi connectivity index (χ0) is 17.2. The summed E-state index contributed by atoms with van der Waals surface area (Å²) in [5.74, 6) is 0.827. The minimum Gasteiger partial charge on any atom is -0.372 e. The number of hydrogen-bond acceptors (Lipinski definition) is 4. The summed E-state index contributed by atoms with van der Waals surface area (Å²) in [6.07, 6.45) is 5.76. The van der Waals surface area contributed by atoms with Gasteiger partial charge in [0.05, 0.1) is 6.21 Å². The zero-order valence-corrected chi connectivity index (χ0v) is 15.4. The Morgan fingerprint density at radius 2 is 1.79 bits per heavy atom. The van der Waals surface area contributed by atoms with Gasteiger partial charge in [-0.1, -0.05) is 32.9 Å². The normalized spacial score (nSPS) is 16.0. The van der Waals surface area contributed by atoms with Crippen LogP contribution in [0.4, 0.5) is 5.69 Å². The minimum atomic E-state index is -0.122. The first-order valence-electron chi connectivity index (χ1n) is 8.52. The van der Waals surface area contributed by atoms with Crippen LogP contribution >= 0.6 is 12.2 Å². The molecular weight excluding hydrogens is 318 g/mol. The van der Waals surface area contributed by atoms with Crippen LogP contribution in [0.15, 0.2) is 29.4 Å². The maximum Gasteiger partial charge on any atom is 0.216 e. The molecule has 3 rings (SSSR count). The minimum absolute atomic E-state index is 0.122. The van der Waals surface area contributed by atoms with Crippen molar-refractivity contribution in [2.75, 3.05) is 18.0 Å². The fourth-order valence-corrected chi connectivity index (χ4v) is 3.11. The molecular formula is C18H25N5S. The fraction of sp³-hybridized carbons (Fsp3) is 0.500. The van der Waals surface area contributed by atoms with Gasteiger partial charge in [-0.15, -0.1) is 0 Å². The summed E-state index contributed by atoms with van der Waals surface area (Å²) >= 11 is 5.29. The van der Waals surface area contributed by atoms with E-state index >= 15 is 0 Å². The summed E-state index contributed by atoms with van der Waals surface area (Å²) in [4.78, 5) is 2.45. The van der Waals surface area contributed by atoms with E-state index in [2.05, 4.69) is 65.2 Å². The Bertz CT molecular complexity index is 758. The largest absolute Gasteiger partial charge is 0.372 e. The number of nitrogens with one attached hydrogen (secondary N) is 1. The Balaban J connectivity index is 1.78. The van der Waals surface area contributed by atoms with Crippen molar-refractivity contribution in [3.8, 4) is 0 Å². The van der Waals surface area contributed by atoms with Crippen LogP contribution in [0.3, 0.4) is 0 Å². The van der Waals surface area contributed by atoms with E-state index in [4.69, 9.17) is 12.2 Å². The third-order valence-electron chi connectivity index (χ3n) is 4.26. The number of benzene rings is 1. The number of H-pyrrole nitrogens is 1. The van der Waals surface area contributed by atoms with E-state index in [0.717, 1.165) is 24.5 Å². The molecule has 1 fully saturated rings. The van der Waals surface area contributed by atoms with Crippen LogP contribution in [-0.2, 0) is 5.41 Å². The molecule has 0 radical (unpaired) electrons. The van der Waals surface area contributed by atoms with E-state index in [0.29, 0.717) is 4.77 Å². The Labute approximate surface area is 148 Å². The molecule has 1 aromatic heterocycles. The fourth-order valence-electron chi connectivity index (χ4n) is 2.93. The Morgan fingerprint density at radius 1 is 1.12 bits per heavy atom. The third kappa shape index (κ3) is 3.75. The van der Waals surface area contributed by atoms with Gasteiger partial charge in [0.25, 0.3) is 0 Å². The molecule has 6 heteroatoms. The van der Waals surface area contributed by atoms with Gasteiger partial charge in [0, 0.05) is 24.2 Å². The van der Waals surface area contributed by atoms with Gasteiger partial charge in [0.15, 0.2) is 5.82 Å². The van der Waals surface area contributed by atoms with Gasteiger partial charge in [-0.2, -0.15) is 14.9 Å². The zero-order valence-electron chi connectivity index (χ0n) is 14.6. The molecule has 0 unspecified atom stereocenters. The van der Waals surface area contributed by atoms with Gasteiger partial charge in [-0.3, -0.25) is 5.10 Å². The lowest BCUT2D eigenvalue weighted by Gasteiger charge is -2.28. The van der Waals surface area contributed by atoms with Gasteiger partial charge >= 0.3 is 0 Å². The van der Waals surface area contributed by atoms with Crippen LogP contribution in [0.2, 0.25) is 0 Å². The third-order valence-corrected chi connectivity index (χ3v) is 4.52.